The number of rotatable bonds is 6. The third kappa shape index (κ3) is 5.96. The lowest BCUT2D eigenvalue weighted by Gasteiger charge is -2.12. The molecule has 66 valence electrons. The molecule has 0 aromatic heterocycles. The van der Waals surface area contributed by atoms with Crippen molar-refractivity contribution in [2.75, 3.05) is 6.54 Å². The summed E-state index contributed by atoms with van der Waals surface area (Å²) < 4.78 is 0. The quantitative estimate of drug-likeness (QED) is 0.622. The Morgan fingerprint density at radius 3 is 2.55 bits per heavy atom. The van der Waals surface area contributed by atoms with E-state index in [-0.39, 0.29) is 0 Å². The van der Waals surface area contributed by atoms with E-state index in [0.29, 0.717) is 0 Å². The highest BCUT2D eigenvalue weighted by Crippen LogP contribution is 2.01. The van der Waals surface area contributed by atoms with Gasteiger partial charge in [0.2, 0.25) is 0 Å². The van der Waals surface area contributed by atoms with Gasteiger partial charge in [0.05, 0.1) is 0 Å². The summed E-state index contributed by atoms with van der Waals surface area (Å²) in [4.78, 5) is 0. The fourth-order valence-corrected chi connectivity index (χ4v) is 0.853. The van der Waals surface area contributed by atoms with Crippen molar-refractivity contribution in [1.29, 1.82) is 0 Å². The van der Waals surface area contributed by atoms with Gasteiger partial charge >= 0.3 is 0 Å². The van der Waals surface area contributed by atoms with Gasteiger partial charge in [-0.15, -0.1) is 0 Å². The van der Waals surface area contributed by atoms with Crippen LogP contribution >= 0.6 is 0 Å². The van der Waals surface area contributed by atoms with E-state index >= 15 is 0 Å². The van der Waals surface area contributed by atoms with E-state index in [2.05, 4.69) is 32.7 Å². The van der Waals surface area contributed by atoms with Crippen molar-refractivity contribution < 1.29 is 0 Å². The summed E-state index contributed by atoms with van der Waals surface area (Å²) in [6.07, 6.45) is 3.54. The molecule has 0 spiro atoms. The van der Waals surface area contributed by atoms with Crippen LogP contribution in [-0.2, 0) is 0 Å². The molecule has 0 aliphatic carbocycles. The average molecular weight is 155 g/mol. The van der Waals surface area contributed by atoms with E-state index in [0.717, 1.165) is 18.9 Å². The Morgan fingerprint density at radius 2 is 2.09 bits per heavy atom. The highest BCUT2D eigenvalue weighted by atomic mass is 14.9. The largest absolute Gasteiger partial charge is 0.389 e. The van der Waals surface area contributed by atoms with Crippen LogP contribution in [0.3, 0.4) is 0 Å². The third-order valence-electron chi connectivity index (χ3n) is 1.95. The summed E-state index contributed by atoms with van der Waals surface area (Å²) in [6.45, 7) is 11.7. The molecule has 0 rings (SSSR count). The molecule has 0 aromatic rings. The van der Waals surface area contributed by atoms with Gasteiger partial charge in [0.25, 0.3) is 0 Å². The Balaban J connectivity index is 3.30. The van der Waals surface area contributed by atoms with Gasteiger partial charge in [-0.2, -0.15) is 0 Å². The number of allylic oxidation sites excluding steroid dienone is 1. The zero-order chi connectivity index (χ0) is 8.69. The van der Waals surface area contributed by atoms with Gasteiger partial charge in [-0.3, -0.25) is 0 Å². The van der Waals surface area contributed by atoms with Crippen LogP contribution in [-0.4, -0.2) is 6.54 Å². The minimum Gasteiger partial charge on any atom is -0.389 e. The maximum absolute atomic E-state index is 3.94. The first-order valence-corrected chi connectivity index (χ1v) is 4.62. The van der Waals surface area contributed by atoms with Crippen LogP contribution in [0, 0.1) is 5.92 Å². The van der Waals surface area contributed by atoms with Crippen molar-refractivity contribution in [2.24, 2.45) is 5.92 Å². The second kappa shape index (κ2) is 6.26. The fraction of sp³-hybridized carbons (Fsp3) is 0.800. The van der Waals surface area contributed by atoms with Gasteiger partial charge in [-0.1, -0.05) is 40.2 Å². The van der Waals surface area contributed by atoms with Gasteiger partial charge in [0.15, 0.2) is 0 Å². The van der Waals surface area contributed by atoms with Gasteiger partial charge in [-0.05, 0) is 12.3 Å². The predicted molar refractivity (Wildman–Crippen MR) is 51.5 cm³/mol. The molecule has 0 radical (unpaired) electrons. The molecule has 1 unspecified atom stereocenters. The first-order valence-electron chi connectivity index (χ1n) is 4.62. The highest BCUT2D eigenvalue weighted by Gasteiger charge is 1.97. The minimum absolute atomic E-state index is 0.767. The lowest BCUT2D eigenvalue weighted by Crippen LogP contribution is -2.19. The second-order valence-electron chi connectivity index (χ2n) is 3.25. The van der Waals surface area contributed by atoms with Crippen molar-refractivity contribution in [3.05, 3.63) is 12.3 Å². The molecule has 0 aliphatic heterocycles. The van der Waals surface area contributed by atoms with Crippen molar-refractivity contribution in [1.82, 2.24) is 5.32 Å². The summed E-state index contributed by atoms with van der Waals surface area (Å²) in [5.41, 5.74) is 1.19. The molecule has 1 atom stereocenters. The molecule has 1 heteroatoms. The lowest BCUT2D eigenvalue weighted by molar-refractivity contribution is 0.523. The average Bonchev–Trinajstić information content (AvgIpc) is 2.01. The Morgan fingerprint density at radius 1 is 1.45 bits per heavy atom. The molecular formula is C10H21N. The molecule has 0 saturated carbocycles. The lowest BCUT2D eigenvalue weighted by atomic mass is 10.1. The molecule has 11 heavy (non-hydrogen) atoms. The Labute approximate surface area is 70.9 Å². The fourth-order valence-electron chi connectivity index (χ4n) is 0.853. The maximum atomic E-state index is 3.94. The number of hydrogen-bond donors (Lipinski definition) is 1. The smallest absolute Gasteiger partial charge is 0.0169 e. The normalized spacial score (nSPS) is 12.6. The Bertz CT molecular complexity index is 107. The molecule has 0 fully saturated rings. The monoisotopic (exact) mass is 155 g/mol. The van der Waals surface area contributed by atoms with Crippen LogP contribution in [0.2, 0.25) is 0 Å². The van der Waals surface area contributed by atoms with Crippen LogP contribution < -0.4 is 5.32 Å². The summed E-state index contributed by atoms with van der Waals surface area (Å²) in [5.74, 6) is 0.767. The van der Waals surface area contributed by atoms with E-state index in [1.54, 1.807) is 0 Å². The first kappa shape index (κ1) is 10.5. The summed E-state index contributed by atoms with van der Waals surface area (Å²) in [5, 5.41) is 3.34. The van der Waals surface area contributed by atoms with Gasteiger partial charge in [0, 0.05) is 12.2 Å². The topological polar surface area (TPSA) is 12.0 Å². The molecule has 0 heterocycles. The van der Waals surface area contributed by atoms with Crippen molar-refractivity contribution in [2.45, 2.75) is 40.0 Å². The summed E-state index contributed by atoms with van der Waals surface area (Å²) >= 11 is 0. The SMILES string of the molecule is C=C(CCC)NCC(C)CC. The van der Waals surface area contributed by atoms with E-state index in [9.17, 15) is 0 Å². The van der Waals surface area contributed by atoms with Crippen molar-refractivity contribution in [3.63, 3.8) is 0 Å². The van der Waals surface area contributed by atoms with Crippen LogP contribution in [0.4, 0.5) is 0 Å². The van der Waals surface area contributed by atoms with Crippen LogP contribution in [0.15, 0.2) is 12.3 Å². The first-order chi connectivity index (χ1) is 5.20. The summed E-state index contributed by atoms with van der Waals surface area (Å²) in [7, 11) is 0. The van der Waals surface area contributed by atoms with E-state index in [1.165, 1.54) is 18.5 Å². The Kier molecular flexibility index (Phi) is 6.00. The maximum Gasteiger partial charge on any atom is 0.0169 e. The molecule has 0 aliphatic rings. The molecule has 0 bridgehead atoms. The molecule has 1 nitrogen and oxygen atoms in total. The Hall–Kier alpha value is -0.460. The standard InChI is InChI=1S/C10H21N/c1-5-7-10(4)11-8-9(3)6-2/h9,11H,4-8H2,1-3H3. The zero-order valence-electron chi connectivity index (χ0n) is 8.11. The molecule has 0 saturated heterocycles. The zero-order valence-corrected chi connectivity index (χ0v) is 8.11. The number of hydrogen-bond acceptors (Lipinski definition) is 1. The van der Waals surface area contributed by atoms with Crippen LogP contribution in [0.25, 0.3) is 0 Å². The highest BCUT2D eigenvalue weighted by molar-refractivity contribution is 4.90. The van der Waals surface area contributed by atoms with Crippen molar-refractivity contribution in [3.8, 4) is 0 Å². The molecule has 0 aromatic carbocycles. The van der Waals surface area contributed by atoms with Gasteiger partial charge in [0.1, 0.15) is 0 Å². The molecule has 0 amide bonds. The minimum atomic E-state index is 0.767. The third-order valence-corrected chi connectivity index (χ3v) is 1.95. The van der Waals surface area contributed by atoms with E-state index in [4.69, 9.17) is 0 Å². The molecular weight excluding hydrogens is 134 g/mol. The van der Waals surface area contributed by atoms with Gasteiger partial charge in [-0.25, -0.2) is 0 Å². The predicted octanol–water partition coefficient (Wildman–Crippen LogP) is 2.94. The number of nitrogens with one attached hydrogen (secondary N) is 1. The van der Waals surface area contributed by atoms with E-state index < -0.39 is 0 Å². The van der Waals surface area contributed by atoms with Gasteiger partial charge < -0.3 is 5.32 Å². The van der Waals surface area contributed by atoms with E-state index in [1.807, 2.05) is 0 Å². The second-order valence-corrected chi connectivity index (χ2v) is 3.25. The van der Waals surface area contributed by atoms with Crippen LogP contribution in [0.1, 0.15) is 40.0 Å². The molecule has 1 N–H and O–H groups in total. The summed E-state index contributed by atoms with van der Waals surface area (Å²) in [6, 6.07) is 0. The van der Waals surface area contributed by atoms with Crippen LogP contribution in [0.5, 0.6) is 0 Å². The van der Waals surface area contributed by atoms with Crippen molar-refractivity contribution >= 4 is 0 Å².